The Morgan fingerprint density at radius 3 is 2.53 bits per heavy atom. The predicted molar refractivity (Wildman–Crippen MR) is 75.1 cm³/mol. The summed E-state index contributed by atoms with van der Waals surface area (Å²) in [5.41, 5.74) is 6.72. The fourth-order valence-electron chi connectivity index (χ4n) is 1.95. The molecule has 0 spiro atoms. The lowest BCUT2D eigenvalue weighted by Gasteiger charge is -2.13. The van der Waals surface area contributed by atoms with Crippen LogP contribution in [0.2, 0.25) is 0 Å². The fraction of sp³-hybridized carbons (Fsp3) is 0.267. The molecule has 0 heterocycles. The van der Waals surface area contributed by atoms with Crippen LogP contribution in [-0.4, -0.2) is 25.8 Å². The van der Waals surface area contributed by atoms with Crippen LogP contribution in [0.3, 0.4) is 0 Å². The van der Waals surface area contributed by atoms with Crippen LogP contribution < -0.4 is 5.73 Å². The molecule has 0 aliphatic carbocycles. The number of rotatable bonds is 4. The van der Waals surface area contributed by atoms with Gasteiger partial charge in [-0.3, -0.25) is 0 Å². The third kappa shape index (κ3) is 3.03. The van der Waals surface area contributed by atoms with Crippen molar-refractivity contribution >= 4 is 22.4 Å². The maximum Gasteiger partial charge on any atom is 0.340 e. The molecule has 1 atom stereocenters. The quantitative estimate of drug-likeness (QED) is 0.677. The zero-order chi connectivity index (χ0) is 13.8. The molecular weight excluding hydrogens is 242 g/mol. The summed E-state index contributed by atoms with van der Waals surface area (Å²) in [7, 11) is 1.56. The summed E-state index contributed by atoms with van der Waals surface area (Å²) in [6, 6.07) is 11.3. The number of hydrogen-bond acceptors (Lipinski definition) is 4. The molecule has 0 saturated heterocycles. The van der Waals surface area contributed by atoms with E-state index in [1.807, 2.05) is 24.3 Å². The van der Waals surface area contributed by atoms with Crippen LogP contribution in [0.15, 0.2) is 36.4 Å². The van der Waals surface area contributed by atoms with Crippen molar-refractivity contribution in [2.24, 2.45) is 0 Å². The normalized spacial score (nSPS) is 12.3. The third-order valence-electron chi connectivity index (χ3n) is 2.85. The van der Waals surface area contributed by atoms with Crippen molar-refractivity contribution in [3.8, 4) is 0 Å². The number of nitrogens with two attached hydrogens (primary N) is 1. The first-order valence-electron chi connectivity index (χ1n) is 6.10. The molecular formula is C15H17NO3. The topological polar surface area (TPSA) is 61.5 Å². The number of esters is 1. The van der Waals surface area contributed by atoms with Gasteiger partial charge >= 0.3 is 5.97 Å². The molecule has 1 unspecified atom stereocenters. The van der Waals surface area contributed by atoms with Crippen LogP contribution in [0.5, 0.6) is 0 Å². The van der Waals surface area contributed by atoms with Gasteiger partial charge in [-0.2, -0.15) is 0 Å². The fourth-order valence-corrected chi connectivity index (χ4v) is 1.95. The van der Waals surface area contributed by atoms with E-state index in [1.54, 1.807) is 26.2 Å². The summed E-state index contributed by atoms with van der Waals surface area (Å²) in [5, 5.41) is 1.96. The van der Waals surface area contributed by atoms with Crippen molar-refractivity contribution in [2.45, 2.75) is 13.0 Å². The van der Waals surface area contributed by atoms with Crippen molar-refractivity contribution in [1.82, 2.24) is 0 Å². The van der Waals surface area contributed by atoms with Gasteiger partial charge in [0.25, 0.3) is 0 Å². The Balaban J connectivity index is 2.29. The first kappa shape index (κ1) is 13.4. The maximum atomic E-state index is 12.0. The number of fused-ring (bicyclic) bond motifs is 1. The highest BCUT2D eigenvalue weighted by Gasteiger charge is 2.15. The first-order valence-corrected chi connectivity index (χ1v) is 6.10. The summed E-state index contributed by atoms with van der Waals surface area (Å²) < 4.78 is 10.2. The molecule has 0 aliphatic heterocycles. The standard InChI is InChI=1S/C15H17NO3/c1-10(9-18-2)19-15(17)13-7-11-5-3-4-6-12(11)8-14(13)16/h3-8,10H,9,16H2,1-2H3. The van der Waals surface area contributed by atoms with E-state index in [0.29, 0.717) is 17.9 Å². The van der Waals surface area contributed by atoms with E-state index in [0.717, 1.165) is 10.8 Å². The molecule has 0 aromatic heterocycles. The highest BCUT2D eigenvalue weighted by atomic mass is 16.6. The van der Waals surface area contributed by atoms with Gasteiger partial charge in [0.2, 0.25) is 0 Å². The number of hydrogen-bond donors (Lipinski definition) is 1. The van der Waals surface area contributed by atoms with Crippen molar-refractivity contribution in [3.05, 3.63) is 42.0 Å². The van der Waals surface area contributed by atoms with Crippen LogP contribution in [-0.2, 0) is 9.47 Å². The molecule has 0 amide bonds. The second kappa shape index (κ2) is 5.71. The minimum absolute atomic E-state index is 0.302. The summed E-state index contributed by atoms with van der Waals surface area (Å²) in [6.45, 7) is 2.14. The Hall–Kier alpha value is -2.07. The van der Waals surface area contributed by atoms with Crippen molar-refractivity contribution in [1.29, 1.82) is 0 Å². The molecule has 0 aliphatic rings. The van der Waals surface area contributed by atoms with Gasteiger partial charge in [-0.15, -0.1) is 0 Å². The molecule has 0 bridgehead atoms. The monoisotopic (exact) mass is 259 g/mol. The minimum Gasteiger partial charge on any atom is -0.457 e. The number of ether oxygens (including phenoxy) is 2. The Morgan fingerprint density at radius 1 is 1.26 bits per heavy atom. The van der Waals surface area contributed by atoms with E-state index in [9.17, 15) is 4.79 Å². The zero-order valence-corrected chi connectivity index (χ0v) is 11.1. The van der Waals surface area contributed by atoms with Crippen LogP contribution >= 0.6 is 0 Å². The van der Waals surface area contributed by atoms with Crippen LogP contribution in [0.25, 0.3) is 10.8 Å². The first-order chi connectivity index (χ1) is 9.11. The van der Waals surface area contributed by atoms with Gasteiger partial charge in [-0.25, -0.2) is 4.79 Å². The molecule has 2 aromatic carbocycles. The molecule has 100 valence electrons. The van der Waals surface area contributed by atoms with Gasteiger partial charge < -0.3 is 15.2 Å². The van der Waals surface area contributed by atoms with E-state index < -0.39 is 5.97 Å². The Bertz CT molecular complexity index is 595. The van der Waals surface area contributed by atoms with E-state index in [4.69, 9.17) is 15.2 Å². The second-order valence-corrected chi connectivity index (χ2v) is 4.46. The number of nitrogen functional groups attached to an aromatic ring is 1. The SMILES string of the molecule is COCC(C)OC(=O)c1cc2ccccc2cc1N. The molecule has 2 N–H and O–H groups in total. The molecule has 2 rings (SSSR count). The minimum atomic E-state index is -0.423. The molecule has 2 aromatic rings. The van der Waals surface area contributed by atoms with E-state index in [-0.39, 0.29) is 6.10 Å². The van der Waals surface area contributed by atoms with Crippen molar-refractivity contribution < 1.29 is 14.3 Å². The summed E-state index contributed by atoms with van der Waals surface area (Å²) in [6.07, 6.45) is -0.302. The molecule has 19 heavy (non-hydrogen) atoms. The second-order valence-electron chi connectivity index (χ2n) is 4.46. The average molecular weight is 259 g/mol. The van der Waals surface area contributed by atoms with Gasteiger partial charge in [0.1, 0.15) is 6.10 Å². The number of carbonyl (C=O) groups excluding carboxylic acids is 1. The number of anilines is 1. The lowest BCUT2D eigenvalue weighted by Crippen LogP contribution is -2.20. The van der Waals surface area contributed by atoms with Gasteiger partial charge in [0.05, 0.1) is 12.2 Å². The summed E-state index contributed by atoms with van der Waals surface area (Å²) in [5.74, 6) is -0.423. The van der Waals surface area contributed by atoms with E-state index >= 15 is 0 Å². The van der Waals surface area contributed by atoms with Gasteiger partial charge in [0, 0.05) is 12.8 Å². The zero-order valence-electron chi connectivity index (χ0n) is 11.1. The lowest BCUT2D eigenvalue weighted by atomic mass is 10.1. The number of benzene rings is 2. The van der Waals surface area contributed by atoms with Crippen LogP contribution in [0, 0.1) is 0 Å². The van der Waals surface area contributed by atoms with Gasteiger partial charge in [-0.1, -0.05) is 24.3 Å². The average Bonchev–Trinajstić information content (AvgIpc) is 2.38. The van der Waals surface area contributed by atoms with Crippen LogP contribution in [0.4, 0.5) is 5.69 Å². The Morgan fingerprint density at radius 2 is 1.89 bits per heavy atom. The summed E-state index contributed by atoms with van der Waals surface area (Å²) >= 11 is 0. The van der Waals surface area contributed by atoms with E-state index in [1.165, 1.54) is 0 Å². The third-order valence-corrected chi connectivity index (χ3v) is 2.85. The largest absolute Gasteiger partial charge is 0.457 e. The van der Waals surface area contributed by atoms with Gasteiger partial charge in [0.15, 0.2) is 0 Å². The number of methoxy groups -OCH3 is 1. The molecule has 4 nitrogen and oxygen atoms in total. The Labute approximate surface area is 112 Å². The highest BCUT2D eigenvalue weighted by molar-refractivity contribution is 6.01. The lowest BCUT2D eigenvalue weighted by molar-refractivity contribution is 0.0121. The van der Waals surface area contributed by atoms with Crippen LogP contribution in [0.1, 0.15) is 17.3 Å². The Kier molecular flexibility index (Phi) is 4.02. The van der Waals surface area contributed by atoms with E-state index in [2.05, 4.69) is 0 Å². The number of carbonyl (C=O) groups is 1. The highest BCUT2D eigenvalue weighted by Crippen LogP contribution is 2.22. The molecule has 0 fully saturated rings. The maximum absolute atomic E-state index is 12.0. The predicted octanol–water partition coefficient (Wildman–Crippen LogP) is 2.61. The molecule has 4 heteroatoms. The van der Waals surface area contributed by atoms with Crippen molar-refractivity contribution in [2.75, 3.05) is 19.5 Å². The summed E-state index contributed by atoms with van der Waals surface area (Å²) in [4.78, 5) is 12.0. The molecule has 0 saturated carbocycles. The molecule has 0 radical (unpaired) electrons. The van der Waals surface area contributed by atoms with Gasteiger partial charge in [-0.05, 0) is 29.8 Å². The smallest absolute Gasteiger partial charge is 0.340 e. The van der Waals surface area contributed by atoms with Crippen molar-refractivity contribution in [3.63, 3.8) is 0 Å².